The molecule has 1 aromatic rings. The van der Waals surface area contributed by atoms with Gasteiger partial charge in [-0.25, -0.2) is 0 Å². The van der Waals surface area contributed by atoms with Crippen molar-refractivity contribution in [1.29, 1.82) is 15.8 Å². The number of hydrogen-bond donors (Lipinski definition) is 0. The second-order valence-corrected chi connectivity index (χ2v) is 6.26. The fourth-order valence-corrected chi connectivity index (χ4v) is 2.58. The predicted molar refractivity (Wildman–Crippen MR) is 91.6 cm³/mol. The van der Waals surface area contributed by atoms with Crippen molar-refractivity contribution in [1.82, 2.24) is 0 Å². The molecule has 24 heavy (non-hydrogen) atoms. The minimum atomic E-state index is -0.841. The van der Waals surface area contributed by atoms with Crippen LogP contribution in [0.2, 0.25) is 10.0 Å². The fraction of sp³-hybridized carbons (Fsp3) is 0.167. The third kappa shape index (κ3) is 3.29. The van der Waals surface area contributed by atoms with Gasteiger partial charge in [0.2, 0.25) is 0 Å². The van der Waals surface area contributed by atoms with E-state index in [1.807, 2.05) is 6.07 Å². The van der Waals surface area contributed by atoms with Gasteiger partial charge in [0, 0.05) is 5.57 Å². The zero-order valence-electron chi connectivity index (χ0n) is 12.9. The molecule has 1 aliphatic rings. The zero-order valence-corrected chi connectivity index (χ0v) is 14.4. The second-order valence-electron chi connectivity index (χ2n) is 5.45. The SMILES string of the molecule is CC1(C)OC(=C(C#N)C#N)C(C#N)=C1/C=C/c1ccc(Cl)c(Cl)c1. The van der Waals surface area contributed by atoms with Crippen molar-refractivity contribution in [2.45, 2.75) is 19.4 Å². The highest BCUT2D eigenvalue weighted by molar-refractivity contribution is 6.42. The van der Waals surface area contributed by atoms with Crippen LogP contribution in [0.4, 0.5) is 0 Å². The lowest BCUT2D eigenvalue weighted by atomic mass is 9.94. The van der Waals surface area contributed by atoms with Crippen LogP contribution in [0.3, 0.4) is 0 Å². The first kappa shape index (κ1) is 17.6. The molecule has 1 aromatic carbocycles. The van der Waals surface area contributed by atoms with E-state index in [1.165, 1.54) is 0 Å². The molecule has 0 spiro atoms. The number of allylic oxidation sites excluding steroid dienone is 2. The average Bonchev–Trinajstić information content (AvgIpc) is 2.80. The smallest absolute Gasteiger partial charge is 0.172 e. The van der Waals surface area contributed by atoms with Crippen LogP contribution in [0, 0.1) is 34.0 Å². The van der Waals surface area contributed by atoms with E-state index in [2.05, 4.69) is 0 Å². The minimum Gasteiger partial charge on any atom is -0.480 e. The molecule has 0 aromatic heterocycles. The lowest BCUT2D eigenvalue weighted by Crippen LogP contribution is -2.20. The molecular weight excluding hydrogens is 345 g/mol. The standard InChI is InChI=1S/C18H11Cl2N3O/c1-18(2)14(5-3-11-4-6-15(19)16(20)7-11)13(10-23)17(24-18)12(8-21)9-22/h3-7H,1-2H3/b5-3+. The monoisotopic (exact) mass is 355 g/mol. The maximum atomic E-state index is 9.44. The number of hydrogen-bond acceptors (Lipinski definition) is 4. The highest BCUT2D eigenvalue weighted by Crippen LogP contribution is 2.40. The van der Waals surface area contributed by atoms with Crippen molar-refractivity contribution in [2.75, 3.05) is 0 Å². The molecule has 6 heteroatoms. The second kappa shape index (κ2) is 6.81. The number of nitrogens with zero attached hydrogens (tertiary/aromatic N) is 3. The Morgan fingerprint density at radius 3 is 2.29 bits per heavy atom. The molecule has 0 atom stereocenters. The highest BCUT2D eigenvalue weighted by atomic mass is 35.5. The maximum absolute atomic E-state index is 9.44. The number of halogens is 2. The Morgan fingerprint density at radius 2 is 1.75 bits per heavy atom. The first-order chi connectivity index (χ1) is 11.3. The van der Waals surface area contributed by atoms with E-state index in [-0.39, 0.29) is 16.9 Å². The molecule has 0 saturated carbocycles. The number of rotatable bonds is 2. The summed E-state index contributed by atoms with van der Waals surface area (Å²) >= 11 is 11.9. The Bertz CT molecular complexity index is 903. The van der Waals surface area contributed by atoms with E-state index < -0.39 is 5.60 Å². The third-order valence-corrected chi connectivity index (χ3v) is 4.19. The van der Waals surface area contributed by atoms with E-state index in [1.54, 1.807) is 56.3 Å². The predicted octanol–water partition coefficient (Wildman–Crippen LogP) is 4.94. The van der Waals surface area contributed by atoms with E-state index >= 15 is 0 Å². The van der Waals surface area contributed by atoms with Crippen LogP contribution < -0.4 is 0 Å². The van der Waals surface area contributed by atoms with Crippen molar-refractivity contribution < 1.29 is 4.74 Å². The van der Waals surface area contributed by atoms with Crippen molar-refractivity contribution >= 4 is 29.3 Å². The van der Waals surface area contributed by atoms with Gasteiger partial charge in [-0.05, 0) is 31.5 Å². The molecular formula is C18H11Cl2N3O. The summed E-state index contributed by atoms with van der Waals surface area (Å²) in [7, 11) is 0. The average molecular weight is 356 g/mol. The molecule has 1 aliphatic heterocycles. The van der Waals surface area contributed by atoms with Gasteiger partial charge in [-0.3, -0.25) is 0 Å². The van der Waals surface area contributed by atoms with Gasteiger partial charge in [0.05, 0.1) is 10.0 Å². The van der Waals surface area contributed by atoms with Crippen LogP contribution in [0.25, 0.3) is 6.08 Å². The summed E-state index contributed by atoms with van der Waals surface area (Å²) in [5.74, 6) is 0.0151. The Kier molecular flexibility index (Phi) is 5.01. The van der Waals surface area contributed by atoms with Crippen LogP contribution in [0.15, 0.2) is 46.8 Å². The fourth-order valence-electron chi connectivity index (χ4n) is 2.28. The molecule has 0 amide bonds. The molecule has 4 nitrogen and oxygen atoms in total. The molecule has 2 rings (SSSR count). The lowest BCUT2D eigenvalue weighted by molar-refractivity contribution is 0.0954. The van der Waals surface area contributed by atoms with Crippen molar-refractivity contribution in [2.24, 2.45) is 0 Å². The van der Waals surface area contributed by atoms with E-state index in [0.717, 1.165) is 5.56 Å². The largest absolute Gasteiger partial charge is 0.480 e. The Balaban J connectivity index is 2.55. The summed E-state index contributed by atoms with van der Waals surface area (Å²) in [6.45, 7) is 3.52. The molecule has 0 saturated heterocycles. The molecule has 118 valence electrons. The topological polar surface area (TPSA) is 80.6 Å². The third-order valence-electron chi connectivity index (χ3n) is 3.45. The van der Waals surface area contributed by atoms with Gasteiger partial charge in [-0.15, -0.1) is 0 Å². The zero-order chi connectivity index (χ0) is 17.9. The van der Waals surface area contributed by atoms with Gasteiger partial charge in [-0.1, -0.05) is 41.4 Å². The van der Waals surface area contributed by atoms with Crippen molar-refractivity contribution in [3.05, 3.63) is 62.4 Å². The maximum Gasteiger partial charge on any atom is 0.172 e. The number of benzene rings is 1. The van der Waals surface area contributed by atoms with Gasteiger partial charge in [0.1, 0.15) is 29.4 Å². The lowest BCUT2D eigenvalue weighted by Gasteiger charge is -2.20. The summed E-state index contributed by atoms with van der Waals surface area (Å²) in [6, 6.07) is 10.7. The molecule has 0 N–H and O–H groups in total. The summed E-state index contributed by atoms with van der Waals surface area (Å²) in [5.41, 5.74) is 0.482. The quantitative estimate of drug-likeness (QED) is 0.703. The highest BCUT2D eigenvalue weighted by Gasteiger charge is 2.38. The first-order valence-corrected chi connectivity index (χ1v) is 7.61. The Morgan fingerprint density at radius 1 is 1.08 bits per heavy atom. The molecule has 1 heterocycles. The molecule has 0 aliphatic carbocycles. The molecule has 0 unspecified atom stereocenters. The summed E-state index contributed by atoms with van der Waals surface area (Å²) in [5, 5.41) is 28.4. The van der Waals surface area contributed by atoms with Crippen LogP contribution in [0.5, 0.6) is 0 Å². The number of nitriles is 3. The van der Waals surface area contributed by atoms with Crippen LogP contribution in [-0.4, -0.2) is 5.60 Å². The Labute approximate surface area is 150 Å². The normalized spacial score (nSPS) is 15.6. The first-order valence-electron chi connectivity index (χ1n) is 6.86. The van der Waals surface area contributed by atoms with Gasteiger partial charge in [-0.2, -0.15) is 15.8 Å². The van der Waals surface area contributed by atoms with Gasteiger partial charge in [0.25, 0.3) is 0 Å². The van der Waals surface area contributed by atoms with Gasteiger partial charge in [0.15, 0.2) is 11.3 Å². The van der Waals surface area contributed by atoms with Crippen molar-refractivity contribution in [3.63, 3.8) is 0 Å². The minimum absolute atomic E-state index is 0.0151. The van der Waals surface area contributed by atoms with Crippen LogP contribution in [0.1, 0.15) is 19.4 Å². The van der Waals surface area contributed by atoms with E-state index in [9.17, 15) is 5.26 Å². The Hall–Kier alpha value is -2.71. The van der Waals surface area contributed by atoms with Crippen molar-refractivity contribution in [3.8, 4) is 18.2 Å². The summed E-state index contributed by atoms with van der Waals surface area (Å²) < 4.78 is 5.68. The molecule has 0 bridgehead atoms. The van der Waals surface area contributed by atoms with Crippen LogP contribution >= 0.6 is 23.2 Å². The molecule has 0 radical (unpaired) electrons. The van der Waals surface area contributed by atoms with Gasteiger partial charge < -0.3 is 4.74 Å². The van der Waals surface area contributed by atoms with E-state index in [4.69, 9.17) is 38.5 Å². The van der Waals surface area contributed by atoms with Crippen LogP contribution in [-0.2, 0) is 4.74 Å². The van der Waals surface area contributed by atoms with E-state index in [0.29, 0.717) is 15.6 Å². The summed E-state index contributed by atoms with van der Waals surface area (Å²) in [4.78, 5) is 0. The summed E-state index contributed by atoms with van der Waals surface area (Å²) in [6.07, 6.45) is 3.48. The molecule has 0 fully saturated rings. The number of ether oxygens (including phenoxy) is 1. The van der Waals surface area contributed by atoms with Gasteiger partial charge >= 0.3 is 0 Å².